The van der Waals surface area contributed by atoms with Crippen molar-refractivity contribution in [3.63, 3.8) is 0 Å². The molecular weight excluding hydrogens is 426 g/mol. The van der Waals surface area contributed by atoms with Crippen molar-refractivity contribution in [2.24, 2.45) is 0 Å². The van der Waals surface area contributed by atoms with Crippen LogP contribution in [-0.2, 0) is 10.3 Å². The van der Waals surface area contributed by atoms with E-state index in [2.05, 4.69) is 0 Å². The summed E-state index contributed by atoms with van der Waals surface area (Å²) in [6, 6.07) is 32.5. The van der Waals surface area contributed by atoms with Gasteiger partial charge in [0.25, 0.3) is 5.91 Å². The number of esters is 1. The van der Waals surface area contributed by atoms with Gasteiger partial charge in [-0.15, -0.1) is 0 Å². The van der Waals surface area contributed by atoms with Crippen LogP contribution in [0.5, 0.6) is 11.5 Å². The molecule has 5 heteroatoms. The van der Waals surface area contributed by atoms with Gasteiger partial charge in [-0.1, -0.05) is 60.7 Å². The largest absolute Gasteiger partial charge is 0.497 e. The van der Waals surface area contributed by atoms with E-state index >= 15 is 0 Å². The molecule has 1 amide bonds. The zero-order valence-corrected chi connectivity index (χ0v) is 18.9. The lowest BCUT2D eigenvalue weighted by Gasteiger charge is -2.40. The molecule has 1 heterocycles. The lowest BCUT2D eigenvalue weighted by atomic mass is 9.76. The number of ether oxygens (including phenoxy) is 2. The van der Waals surface area contributed by atoms with E-state index in [0.29, 0.717) is 11.3 Å². The van der Waals surface area contributed by atoms with Crippen molar-refractivity contribution in [2.45, 2.75) is 12.5 Å². The van der Waals surface area contributed by atoms with Gasteiger partial charge in [-0.3, -0.25) is 14.5 Å². The molecule has 0 saturated heterocycles. The van der Waals surface area contributed by atoms with Crippen LogP contribution in [0.1, 0.15) is 34.0 Å². The number of fused-ring (bicyclic) bond motifs is 1. The average Bonchev–Trinajstić information content (AvgIpc) is 3.14. The van der Waals surface area contributed by atoms with Gasteiger partial charge >= 0.3 is 5.97 Å². The minimum atomic E-state index is -0.934. The van der Waals surface area contributed by atoms with Gasteiger partial charge in [0.2, 0.25) is 0 Å². The lowest BCUT2D eigenvalue weighted by Crippen LogP contribution is -2.46. The number of hydrogen-bond acceptors (Lipinski definition) is 4. The molecule has 34 heavy (non-hydrogen) atoms. The van der Waals surface area contributed by atoms with Crippen LogP contribution in [0.15, 0.2) is 103 Å². The smallest absolute Gasteiger partial charge is 0.308 e. The van der Waals surface area contributed by atoms with Crippen molar-refractivity contribution in [2.75, 3.05) is 12.0 Å². The lowest BCUT2D eigenvalue weighted by molar-refractivity contribution is -0.131. The van der Waals surface area contributed by atoms with E-state index < -0.39 is 5.54 Å². The fourth-order valence-corrected chi connectivity index (χ4v) is 4.76. The molecule has 0 saturated carbocycles. The fourth-order valence-electron chi connectivity index (χ4n) is 4.76. The summed E-state index contributed by atoms with van der Waals surface area (Å²) < 4.78 is 10.7. The Morgan fingerprint density at radius 3 is 1.88 bits per heavy atom. The van der Waals surface area contributed by atoms with Crippen LogP contribution in [-0.4, -0.2) is 19.0 Å². The molecule has 0 fully saturated rings. The Hall–Kier alpha value is -4.38. The average molecular weight is 450 g/mol. The molecule has 0 N–H and O–H groups in total. The summed E-state index contributed by atoms with van der Waals surface area (Å²) >= 11 is 0. The van der Waals surface area contributed by atoms with Crippen molar-refractivity contribution < 1.29 is 19.1 Å². The van der Waals surface area contributed by atoms with Gasteiger partial charge in [0.15, 0.2) is 0 Å². The first-order chi connectivity index (χ1) is 16.6. The van der Waals surface area contributed by atoms with E-state index in [1.165, 1.54) is 6.92 Å². The second-order valence-corrected chi connectivity index (χ2v) is 8.08. The third kappa shape index (κ3) is 3.33. The quantitative estimate of drug-likeness (QED) is 0.295. The minimum Gasteiger partial charge on any atom is -0.497 e. The number of amides is 1. The number of nitrogens with zero attached hydrogens (tertiary/aromatic N) is 1. The number of anilines is 1. The van der Waals surface area contributed by atoms with Crippen molar-refractivity contribution in [3.05, 3.63) is 125 Å². The van der Waals surface area contributed by atoms with Crippen LogP contribution in [0, 0.1) is 0 Å². The van der Waals surface area contributed by atoms with Gasteiger partial charge in [-0.05, 0) is 59.2 Å². The van der Waals surface area contributed by atoms with Crippen LogP contribution in [0.3, 0.4) is 0 Å². The molecule has 1 aliphatic heterocycles. The highest BCUT2D eigenvalue weighted by molar-refractivity contribution is 6.13. The number of methoxy groups -OCH3 is 1. The van der Waals surface area contributed by atoms with Crippen LogP contribution < -0.4 is 14.4 Å². The Labute approximate surface area is 198 Å². The third-order valence-corrected chi connectivity index (χ3v) is 6.14. The second-order valence-electron chi connectivity index (χ2n) is 8.08. The predicted molar refractivity (Wildman–Crippen MR) is 130 cm³/mol. The molecule has 0 aliphatic carbocycles. The molecule has 5 rings (SSSR count). The molecule has 1 aliphatic rings. The first kappa shape index (κ1) is 21.5. The SMILES string of the molecule is COc1ccc(C2(c3ccc(OC(C)=O)cc3)c3ccccc3C(=O)N2c2ccccc2)cc1. The normalized spacial score (nSPS) is 16.8. The Kier molecular flexibility index (Phi) is 5.38. The van der Waals surface area contributed by atoms with Gasteiger partial charge in [-0.25, -0.2) is 0 Å². The monoisotopic (exact) mass is 449 g/mol. The van der Waals surface area contributed by atoms with Crippen molar-refractivity contribution in [3.8, 4) is 11.5 Å². The standard InChI is InChI=1S/C29H23NO4/c1-20(31)34-25-18-14-22(15-19-25)29(21-12-16-24(33-2)17-13-21)27-11-7-6-10-26(27)28(32)30(29)23-8-4-3-5-9-23/h3-19H,1-2H3. The molecule has 1 unspecified atom stereocenters. The maximum atomic E-state index is 13.9. The Morgan fingerprint density at radius 2 is 1.29 bits per heavy atom. The predicted octanol–water partition coefficient (Wildman–Crippen LogP) is 5.57. The Balaban J connectivity index is 1.83. The van der Waals surface area contributed by atoms with Crippen LogP contribution in [0.25, 0.3) is 0 Å². The Bertz CT molecular complexity index is 1350. The third-order valence-electron chi connectivity index (χ3n) is 6.14. The summed E-state index contributed by atoms with van der Waals surface area (Å²) in [7, 11) is 1.63. The van der Waals surface area contributed by atoms with Gasteiger partial charge in [0.05, 0.1) is 7.11 Å². The fraction of sp³-hybridized carbons (Fsp3) is 0.103. The Morgan fingerprint density at radius 1 is 0.735 bits per heavy atom. The minimum absolute atomic E-state index is 0.0818. The van der Waals surface area contributed by atoms with Gasteiger partial charge in [0.1, 0.15) is 17.0 Å². The molecule has 4 aromatic rings. The van der Waals surface area contributed by atoms with Gasteiger partial charge in [-0.2, -0.15) is 0 Å². The zero-order valence-electron chi connectivity index (χ0n) is 18.9. The maximum absolute atomic E-state index is 13.9. The van der Waals surface area contributed by atoms with E-state index in [0.717, 1.165) is 28.1 Å². The molecule has 4 aromatic carbocycles. The number of carbonyl (C=O) groups excluding carboxylic acids is 2. The molecule has 0 radical (unpaired) electrons. The van der Waals surface area contributed by atoms with Crippen molar-refractivity contribution in [1.29, 1.82) is 0 Å². The van der Waals surface area contributed by atoms with E-state index in [1.54, 1.807) is 19.2 Å². The van der Waals surface area contributed by atoms with Gasteiger partial charge < -0.3 is 9.47 Å². The zero-order chi connectivity index (χ0) is 23.7. The highest BCUT2D eigenvalue weighted by atomic mass is 16.5. The molecular formula is C29H23NO4. The van der Waals surface area contributed by atoms with E-state index in [9.17, 15) is 9.59 Å². The molecule has 168 valence electrons. The highest BCUT2D eigenvalue weighted by Crippen LogP contribution is 2.51. The summed E-state index contributed by atoms with van der Waals surface area (Å²) in [5.41, 5.74) is 3.16. The topological polar surface area (TPSA) is 55.8 Å². The first-order valence-electron chi connectivity index (χ1n) is 11.0. The highest BCUT2D eigenvalue weighted by Gasteiger charge is 2.52. The summed E-state index contributed by atoms with van der Waals surface area (Å²) in [6.07, 6.45) is 0. The second kappa shape index (κ2) is 8.52. The summed E-state index contributed by atoms with van der Waals surface area (Å²) in [6.45, 7) is 1.37. The van der Waals surface area contributed by atoms with E-state index in [4.69, 9.17) is 9.47 Å². The van der Waals surface area contributed by atoms with E-state index in [1.807, 2.05) is 95.9 Å². The summed E-state index contributed by atoms with van der Waals surface area (Å²) in [5, 5.41) is 0. The van der Waals surface area contributed by atoms with E-state index in [-0.39, 0.29) is 11.9 Å². The number of carbonyl (C=O) groups is 2. The molecule has 0 bridgehead atoms. The van der Waals surface area contributed by atoms with Crippen molar-refractivity contribution >= 4 is 17.6 Å². The summed E-state index contributed by atoms with van der Waals surface area (Å²) in [4.78, 5) is 27.2. The molecule has 5 nitrogen and oxygen atoms in total. The number of benzene rings is 4. The number of hydrogen-bond donors (Lipinski definition) is 0. The number of para-hydroxylation sites is 1. The molecule has 1 atom stereocenters. The van der Waals surface area contributed by atoms with Crippen molar-refractivity contribution in [1.82, 2.24) is 0 Å². The maximum Gasteiger partial charge on any atom is 0.308 e. The first-order valence-corrected chi connectivity index (χ1v) is 11.0. The van der Waals surface area contributed by atoms with Gasteiger partial charge in [0, 0.05) is 18.2 Å². The van der Waals surface area contributed by atoms with Crippen LogP contribution in [0.2, 0.25) is 0 Å². The van der Waals surface area contributed by atoms with Crippen LogP contribution in [0.4, 0.5) is 5.69 Å². The molecule has 0 aromatic heterocycles. The number of rotatable bonds is 5. The van der Waals surface area contributed by atoms with Crippen LogP contribution >= 0.6 is 0 Å². The molecule has 0 spiro atoms. The summed E-state index contributed by atoms with van der Waals surface area (Å²) in [5.74, 6) is 0.713.